The Balaban J connectivity index is 2.49. The highest BCUT2D eigenvalue weighted by Crippen LogP contribution is 2.18. The average molecular weight is 263 g/mol. The number of hydrogen-bond acceptors (Lipinski definition) is 2. The van der Waals surface area contributed by atoms with Gasteiger partial charge in [0.25, 0.3) is 0 Å². The molecular weight excluding hydrogens is 248 g/mol. The van der Waals surface area contributed by atoms with E-state index in [9.17, 15) is 9.59 Å². The highest BCUT2D eigenvalue weighted by molar-refractivity contribution is 9.10. The Morgan fingerprint density at radius 2 is 2.21 bits per heavy atom. The summed E-state index contributed by atoms with van der Waals surface area (Å²) in [5, 5.41) is 2.61. The predicted octanol–water partition coefficient (Wildman–Crippen LogP) is 0.364. The minimum absolute atomic E-state index is 0.0301. The van der Waals surface area contributed by atoms with Crippen LogP contribution in [0.3, 0.4) is 0 Å². The smallest absolute Gasteiger partial charge is 0.236 e. The molecule has 2 amide bonds. The molecular formula is C9H15BrN2O2. The van der Waals surface area contributed by atoms with Crippen molar-refractivity contribution in [1.82, 2.24) is 10.2 Å². The maximum Gasteiger partial charge on any atom is 0.236 e. The van der Waals surface area contributed by atoms with E-state index in [0.29, 0.717) is 13.1 Å². The molecule has 1 heterocycles. The van der Waals surface area contributed by atoms with Crippen molar-refractivity contribution in [2.75, 3.05) is 20.1 Å². The molecule has 0 saturated carbocycles. The van der Waals surface area contributed by atoms with Crippen molar-refractivity contribution in [2.45, 2.75) is 18.2 Å². The predicted molar refractivity (Wildman–Crippen MR) is 57.1 cm³/mol. The summed E-state index contributed by atoms with van der Waals surface area (Å²) in [6.45, 7) is 3.04. The Morgan fingerprint density at radius 3 is 2.71 bits per heavy atom. The molecule has 0 aromatic heterocycles. The molecule has 0 bridgehead atoms. The first-order chi connectivity index (χ1) is 6.56. The SMILES string of the molecule is CNC(=O)C1CCN(C(=O)C(C)Br)C1. The number of nitrogens with zero attached hydrogens (tertiary/aromatic N) is 1. The molecule has 0 aromatic rings. The molecule has 0 aromatic carbocycles. The van der Waals surface area contributed by atoms with Crippen LogP contribution in [0.1, 0.15) is 13.3 Å². The minimum Gasteiger partial charge on any atom is -0.359 e. The van der Waals surface area contributed by atoms with E-state index in [1.54, 1.807) is 18.9 Å². The zero-order chi connectivity index (χ0) is 10.7. The Bertz CT molecular complexity index is 243. The molecule has 80 valence electrons. The molecule has 2 unspecified atom stereocenters. The third-order valence-electron chi connectivity index (χ3n) is 2.46. The summed E-state index contributed by atoms with van der Waals surface area (Å²) in [4.78, 5) is 24.4. The maximum absolute atomic E-state index is 11.5. The second kappa shape index (κ2) is 4.77. The highest BCUT2D eigenvalue weighted by Gasteiger charge is 2.31. The van der Waals surface area contributed by atoms with Crippen LogP contribution in [0.25, 0.3) is 0 Å². The van der Waals surface area contributed by atoms with Crippen LogP contribution in [-0.2, 0) is 9.59 Å². The number of nitrogens with one attached hydrogen (secondary N) is 1. The van der Waals surface area contributed by atoms with Crippen LogP contribution in [0.15, 0.2) is 0 Å². The fourth-order valence-corrected chi connectivity index (χ4v) is 1.92. The first-order valence-electron chi connectivity index (χ1n) is 4.70. The number of halogens is 1. The molecule has 1 aliphatic heterocycles. The largest absolute Gasteiger partial charge is 0.359 e. The van der Waals surface area contributed by atoms with Crippen LogP contribution in [-0.4, -0.2) is 41.7 Å². The number of amides is 2. The van der Waals surface area contributed by atoms with Gasteiger partial charge < -0.3 is 10.2 Å². The molecule has 1 rings (SSSR count). The zero-order valence-electron chi connectivity index (χ0n) is 8.42. The minimum atomic E-state index is -0.161. The maximum atomic E-state index is 11.5. The fourth-order valence-electron chi connectivity index (χ4n) is 1.63. The summed E-state index contributed by atoms with van der Waals surface area (Å²) in [6.07, 6.45) is 0.769. The molecule has 1 N–H and O–H groups in total. The summed E-state index contributed by atoms with van der Waals surface area (Å²) >= 11 is 3.23. The Kier molecular flexibility index (Phi) is 3.92. The van der Waals surface area contributed by atoms with Gasteiger partial charge in [-0.2, -0.15) is 0 Å². The average Bonchev–Trinajstić information content (AvgIpc) is 2.64. The van der Waals surface area contributed by atoms with E-state index >= 15 is 0 Å². The first-order valence-corrected chi connectivity index (χ1v) is 5.62. The number of hydrogen-bond donors (Lipinski definition) is 1. The van der Waals surface area contributed by atoms with Crippen LogP contribution < -0.4 is 5.32 Å². The number of likely N-dealkylation sites (tertiary alicyclic amines) is 1. The highest BCUT2D eigenvalue weighted by atomic mass is 79.9. The second-order valence-electron chi connectivity index (χ2n) is 3.50. The van der Waals surface area contributed by atoms with E-state index in [2.05, 4.69) is 21.2 Å². The molecule has 4 nitrogen and oxygen atoms in total. The lowest BCUT2D eigenvalue weighted by Crippen LogP contribution is -2.36. The van der Waals surface area contributed by atoms with Crippen LogP contribution in [0.4, 0.5) is 0 Å². The van der Waals surface area contributed by atoms with Gasteiger partial charge >= 0.3 is 0 Å². The number of carbonyl (C=O) groups is 2. The number of rotatable bonds is 2. The summed E-state index contributed by atoms with van der Waals surface area (Å²) in [7, 11) is 1.62. The number of alkyl halides is 1. The second-order valence-corrected chi connectivity index (χ2v) is 4.87. The van der Waals surface area contributed by atoms with E-state index in [4.69, 9.17) is 0 Å². The summed E-state index contributed by atoms with van der Waals surface area (Å²) in [5.41, 5.74) is 0. The van der Waals surface area contributed by atoms with Crippen molar-refractivity contribution in [3.8, 4) is 0 Å². The molecule has 0 spiro atoms. The molecule has 14 heavy (non-hydrogen) atoms. The molecule has 0 radical (unpaired) electrons. The van der Waals surface area contributed by atoms with Gasteiger partial charge in [0.15, 0.2) is 0 Å². The Labute approximate surface area is 92.2 Å². The Hall–Kier alpha value is -0.580. The van der Waals surface area contributed by atoms with Crippen molar-refractivity contribution in [3.05, 3.63) is 0 Å². The normalized spacial score (nSPS) is 23.4. The van der Waals surface area contributed by atoms with Crippen molar-refractivity contribution in [3.63, 3.8) is 0 Å². The van der Waals surface area contributed by atoms with Crippen molar-refractivity contribution >= 4 is 27.7 Å². The van der Waals surface area contributed by atoms with Gasteiger partial charge in [-0.05, 0) is 13.3 Å². The van der Waals surface area contributed by atoms with Crippen LogP contribution in [0.2, 0.25) is 0 Å². The van der Waals surface area contributed by atoms with Gasteiger partial charge in [0.1, 0.15) is 0 Å². The standard InChI is InChI=1S/C9H15BrN2O2/c1-6(10)9(14)12-4-3-7(5-12)8(13)11-2/h6-7H,3-5H2,1-2H3,(H,11,13). The van der Waals surface area contributed by atoms with Crippen molar-refractivity contribution < 1.29 is 9.59 Å². The molecule has 2 atom stereocenters. The molecule has 1 saturated heterocycles. The molecule has 5 heteroatoms. The third kappa shape index (κ3) is 2.47. The lowest BCUT2D eigenvalue weighted by molar-refractivity contribution is -0.129. The Morgan fingerprint density at radius 1 is 1.57 bits per heavy atom. The molecule has 0 aliphatic carbocycles. The monoisotopic (exact) mass is 262 g/mol. The summed E-state index contributed by atoms with van der Waals surface area (Å²) in [6, 6.07) is 0. The zero-order valence-corrected chi connectivity index (χ0v) is 10.0. The van der Waals surface area contributed by atoms with Crippen LogP contribution >= 0.6 is 15.9 Å². The van der Waals surface area contributed by atoms with E-state index in [0.717, 1.165) is 6.42 Å². The quantitative estimate of drug-likeness (QED) is 0.731. The fraction of sp³-hybridized carbons (Fsp3) is 0.778. The van der Waals surface area contributed by atoms with E-state index in [-0.39, 0.29) is 22.6 Å². The summed E-state index contributed by atoms with van der Waals surface area (Å²) in [5.74, 6) is 0.0640. The van der Waals surface area contributed by atoms with Crippen LogP contribution in [0, 0.1) is 5.92 Å². The van der Waals surface area contributed by atoms with Gasteiger partial charge in [-0.25, -0.2) is 0 Å². The topological polar surface area (TPSA) is 49.4 Å². The molecule has 1 aliphatic rings. The van der Waals surface area contributed by atoms with Gasteiger partial charge in [0, 0.05) is 20.1 Å². The van der Waals surface area contributed by atoms with E-state index in [1.165, 1.54) is 0 Å². The van der Waals surface area contributed by atoms with Gasteiger partial charge in [-0.3, -0.25) is 9.59 Å². The van der Waals surface area contributed by atoms with Gasteiger partial charge in [-0.15, -0.1) is 0 Å². The lowest BCUT2D eigenvalue weighted by Gasteiger charge is -2.17. The van der Waals surface area contributed by atoms with Gasteiger partial charge in [0.2, 0.25) is 11.8 Å². The number of carbonyl (C=O) groups excluding carboxylic acids is 2. The van der Waals surface area contributed by atoms with E-state index < -0.39 is 0 Å². The third-order valence-corrected chi connectivity index (χ3v) is 2.85. The van der Waals surface area contributed by atoms with Gasteiger partial charge in [-0.1, -0.05) is 15.9 Å². The molecule has 1 fully saturated rings. The lowest BCUT2D eigenvalue weighted by atomic mass is 10.1. The van der Waals surface area contributed by atoms with Crippen LogP contribution in [0.5, 0.6) is 0 Å². The first kappa shape index (κ1) is 11.5. The van der Waals surface area contributed by atoms with E-state index in [1.807, 2.05) is 0 Å². The van der Waals surface area contributed by atoms with Crippen molar-refractivity contribution in [2.24, 2.45) is 5.92 Å². The summed E-state index contributed by atoms with van der Waals surface area (Å²) < 4.78 is 0. The van der Waals surface area contributed by atoms with Gasteiger partial charge in [0.05, 0.1) is 10.7 Å². The van der Waals surface area contributed by atoms with Crippen molar-refractivity contribution in [1.29, 1.82) is 0 Å².